The predicted molar refractivity (Wildman–Crippen MR) is 63.2 cm³/mol. The van der Waals surface area contributed by atoms with E-state index in [1.807, 2.05) is 0 Å². The van der Waals surface area contributed by atoms with E-state index >= 15 is 0 Å². The molecule has 1 aromatic carbocycles. The van der Waals surface area contributed by atoms with Crippen LogP contribution in [0.15, 0.2) is 35.0 Å². The number of aromatic nitrogens is 3. The van der Waals surface area contributed by atoms with Crippen LogP contribution in [0.3, 0.4) is 0 Å². The van der Waals surface area contributed by atoms with E-state index in [-0.39, 0.29) is 11.1 Å². The van der Waals surface area contributed by atoms with Crippen molar-refractivity contribution < 1.29 is 14.3 Å². The Labute approximate surface area is 101 Å². The molecule has 3 rings (SSSR count). The van der Waals surface area contributed by atoms with Gasteiger partial charge in [-0.2, -0.15) is 5.10 Å². The zero-order chi connectivity index (χ0) is 12.7. The fourth-order valence-corrected chi connectivity index (χ4v) is 1.77. The highest BCUT2D eigenvalue weighted by molar-refractivity contribution is 6.00. The maximum Gasteiger partial charge on any atom is 0.339 e. The summed E-state index contributed by atoms with van der Waals surface area (Å²) in [6.45, 7) is 0. The number of fused-ring (bicyclic) bond motifs is 1. The highest BCUT2D eigenvalue weighted by atomic mass is 16.4. The first-order valence-corrected chi connectivity index (χ1v) is 5.27. The van der Waals surface area contributed by atoms with Crippen LogP contribution in [-0.2, 0) is 7.05 Å². The van der Waals surface area contributed by atoms with E-state index in [2.05, 4.69) is 10.1 Å². The molecule has 18 heavy (non-hydrogen) atoms. The summed E-state index contributed by atoms with van der Waals surface area (Å²) >= 11 is 0. The summed E-state index contributed by atoms with van der Waals surface area (Å²) in [5.74, 6) is -0.665. The number of rotatable bonds is 2. The zero-order valence-corrected chi connectivity index (χ0v) is 9.49. The molecule has 1 N–H and O–H groups in total. The fraction of sp³-hybridized carbons (Fsp3) is 0.0833. The molecule has 0 aliphatic rings. The van der Waals surface area contributed by atoms with Gasteiger partial charge in [-0.25, -0.2) is 9.78 Å². The van der Waals surface area contributed by atoms with Crippen LogP contribution < -0.4 is 0 Å². The highest BCUT2D eigenvalue weighted by Gasteiger charge is 2.15. The van der Waals surface area contributed by atoms with Gasteiger partial charge in [0.05, 0.1) is 11.8 Å². The number of oxazole rings is 1. The standard InChI is InChI=1S/C12H9N3O3/c1-15-6-7(5-13-15)11-14-9-4-2-3-8(12(16)17)10(9)18-11/h2-6H,1H3,(H,16,17). The molecule has 3 aromatic rings. The molecule has 2 aromatic heterocycles. The number of aryl methyl sites for hydroxylation is 1. The van der Waals surface area contributed by atoms with Crippen LogP contribution in [0.2, 0.25) is 0 Å². The lowest BCUT2D eigenvalue weighted by Crippen LogP contribution is -1.95. The summed E-state index contributed by atoms with van der Waals surface area (Å²) in [6, 6.07) is 4.84. The molecule has 0 radical (unpaired) electrons. The molecule has 0 amide bonds. The number of carboxylic acid groups (broad SMARTS) is 1. The van der Waals surface area contributed by atoms with Gasteiger partial charge in [-0.3, -0.25) is 4.68 Å². The third-order valence-corrected chi connectivity index (χ3v) is 2.60. The monoisotopic (exact) mass is 243 g/mol. The van der Waals surface area contributed by atoms with Crippen LogP contribution in [0.25, 0.3) is 22.6 Å². The predicted octanol–water partition coefficient (Wildman–Crippen LogP) is 1.93. The second-order valence-electron chi connectivity index (χ2n) is 3.88. The largest absolute Gasteiger partial charge is 0.478 e. The number of para-hydroxylation sites is 1. The van der Waals surface area contributed by atoms with Crippen molar-refractivity contribution in [2.75, 3.05) is 0 Å². The third-order valence-electron chi connectivity index (χ3n) is 2.60. The molecule has 0 aliphatic carbocycles. The van der Waals surface area contributed by atoms with Crippen LogP contribution in [0.1, 0.15) is 10.4 Å². The van der Waals surface area contributed by atoms with E-state index in [0.717, 1.165) is 0 Å². The minimum absolute atomic E-state index is 0.107. The lowest BCUT2D eigenvalue weighted by atomic mass is 10.2. The molecule has 0 saturated heterocycles. The van der Waals surface area contributed by atoms with Gasteiger partial charge in [-0.15, -0.1) is 0 Å². The van der Waals surface area contributed by atoms with E-state index in [9.17, 15) is 4.79 Å². The first-order chi connectivity index (χ1) is 8.65. The molecular formula is C12H9N3O3. The summed E-state index contributed by atoms with van der Waals surface area (Å²) in [5, 5.41) is 13.1. The van der Waals surface area contributed by atoms with Gasteiger partial charge in [0.1, 0.15) is 11.1 Å². The van der Waals surface area contributed by atoms with Crippen LogP contribution >= 0.6 is 0 Å². The molecule has 0 atom stereocenters. The average Bonchev–Trinajstić information content (AvgIpc) is 2.93. The van der Waals surface area contributed by atoms with Crippen molar-refractivity contribution in [2.24, 2.45) is 7.05 Å². The quantitative estimate of drug-likeness (QED) is 0.743. The summed E-state index contributed by atoms with van der Waals surface area (Å²) in [5.41, 5.74) is 1.62. The summed E-state index contributed by atoms with van der Waals surface area (Å²) in [4.78, 5) is 15.3. The van der Waals surface area contributed by atoms with Gasteiger partial charge < -0.3 is 9.52 Å². The van der Waals surface area contributed by atoms with Crippen LogP contribution in [-0.4, -0.2) is 25.8 Å². The van der Waals surface area contributed by atoms with Crippen molar-refractivity contribution in [3.05, 3.63) is 36.2 Å². The second kappa shape index (κ2) is 3.69. The maximum atomic E-state index is 11.1. The average molecular weight is 243 g/mol. The summed E-state index contributed by atoms with van der Waals surface area (Å²) in [6.07, 6.45) is 3.37. The molecule has 2 heterocycles. The molecule has 6 heteroatoms. The van der Waals surface area contributed by atoms with E-state index in [1.54, 1.807) is 36.3 Å². The lowest BCUT2D eigenvalue weighted by molar-refractivity contribution is 0.0698. The Hall–Kier alpha value is -2.63. The van der Waals surface area contributed by atoms with Gasteiger partial charge in [0.2, 0.25) is 5.89 Å². The first-order valence-electron chi connectivity index (χ1n) is 5.27. The molecule has 90 valence electrons. The number of carboxylic acids is 1. The van der Waals surface area contributed by atoms with Crippen LogP contribution in [0.5, 0.6) is 0 Å². The number of nitrogens with zero attached hydrogens (tertiary/aromatic N) is 3. The van der Waals surface area contributed by atoms with Crippen LogP contribution in [0.4, 0.5) is 0 Å². The van der Waals surface area contributed by atoms with E-state index in [4.69, 9.17) is 9.52 Å². The summed E-state index contributed by atoms with van der Waals surface area (Å²) < 4.78 is 7.14. The van der Waals surface area contributed by atoms with Crippen LogP contribution in [0, 0.1) is 0 Å². The van der Waals surface area contributed by atoms with E-state index < -0.39 is 5.97 Å². The van der Waals surface area contributed by atoms with Crippen molar-refractivity contribution in [1.29, 1.82) is 0 Å². The van der Waals surface area contributed by atoms with Gasteiger partial charge in [0.25, 0.3) is 0 Å². The van der Waals surface area contributed by atoms with Crippen molar-refractivity contribution in [3.8, 4) is 11.5 Å². The molecular weight excluding hydrogens is 234 g/mol. The Balaban J connectivity index is 2.22. The minimum Gasteiger partial charge on any atom is -0.478 e. The second-order valence-corrected chi connectivity index (χ2v) is 3.88. The Morgan fingerprint density at radius 3 is 2.94 bits per heavy atom. The van der Waals surface area contributed by atoms with Gasteiger partial charge in [-0.1, -0.05) is 6.07 Å². The van der Waals surface area contributed by atoms with Crippen molar-refractivity contribution in [2.45, 2.75) is 0 Å². The Morgan fingerprint density at radius 1 is 1.44 bits per heavy atom. The Kier molecular flexibility index (Phi) is 2.16. The van der Waals surface area contributed by atoms with E-state index in [0.29, 0.717) is 17.0 Å². The first kappa shape index (κ1) is 10.5. The van der Waals surface area contributed by atoms with Crippen molar-refractivity contribution in [1.82, 2.24) is 14.8 Å². The summed E-state index contributed by atoms with van der Waals surface area (Å²) in [7, 11) is 1.79. The van der Waals surface area contributed by atoms with Gasteiger partial charge in [0.15, 0.2) is 5.58 Å². The number of benzene rings is 1. The van der Waals surface area contributed by atoms with Crippen molar-refractivity contribution >= 4 is 17.1 Å². The third kappa shape index (κ3) is 1.55. The molecule has 0 fully saturated rings. The molecule has 6 nitrogen and oxygen atoms in total. The number of carbonyl (C=O) groups is 1. The molecule has 0 bridgehead atoms. The Bertz CT molecular complexity index is 742. The molecule has 0 saturated carbocycles. The van der Waals surface area contributed by atoms with Gasteiger partial charge in [0, 0.05) is 13.2 Å². The number of aromatic carboxylic acids is 1. The number of hydrogen-bond donors (Lipinski definition) is 1. The number of hydrogen-bond acceptors (Lipinski definition) is 4. The lowest BCUT2D eigenvalue weighted by Gasteiger charge is -1.92. The molecule has 0 spiro atoms. The Morgan fingerprint density at radius 2 is 2.28 bits per heavy atom. The minimum atomic E-state index is -1.03. The fourth-order valence-electron chi connectivity index (χ4n) is 1.77. The molecule has 0 aliphatic heterocycles. The maximum absolute atomic E-state index is 11.1. The SMILES string of the molecule is Cn1cc(-c2nc3cccc(C(=O)O)c3o2)cn1. The topological polar surface area (TPSA) is 81.2 Å². The van der Waals surface area contributed by atoms with Crippen molar-refractivity contribution in [3.63, 3.8) is 0 Å². The van der Waals surface area contributed by atoms with Gasteiger partial charge in [-0.05, 0) is 12.1 Å². The smallest absolute Gasteiger partial charge is 0.339 e. The highest BCUT2D eigenvalue weighted by Crippen LogP contribution is 2.26. The molecule has 0 unspecified atom stereocenters. The van der Waals surface area contributed by atoms with Gasteiger partial charge >= 0.3 is 5.97 Å². The zero-order valence-electron chi connectivity index (χ0n) is 9.49. The normalized spacial score (nSPS) is 10.9. The van der Waals surface area contributed by atoms with E-state index in [1.165, 1.54) is 6.07 Å².